The number of likely N-dealkylation sites (tertiary alicyclic amines) is 1. The molecule has 3 aliphatic rings. The van der Waals surface area contributed by atoms with E-state index in [2.05, 4.69) is 20.2 Å². The van der Waals surface area contributed by atoms with Crippen LogP contribution in [0.3, 0.4) is 0 Å². The molecule has 0 aromatic carbocycles. The van der Waals surface area contributed by atoms with Gasteiger partial charge in [0.25, 0.3) is 0 Å². The zero-order chi connectivity index (χ0) is 19.9. The van der Waals surface area contributed by atoms with Gasteiger partial charge in [0.1, 0.15) is 0 Å². The molecule has 1 aromatic heterocycles. The third kappa shape index (κ3) is 7.25. The Kier molecular flexibility index (Phi) is 9.49. The number of aromatic nitrogens is 1. The fraction of sp³-hybridized carbons (Fsp3) is 0.739. The van der Waals surface area contributed by atoms with Crippen LogP contribution in [0.25, 0.3) is 0 Å². The average molecular weight is 528 g/mol. The van der Waals surface area contributed by atoms with Gasteiger partial charge in [-0.25, -0.2) is 4.98 Å². The number of nitrogens with zero attached hydrogens (tertiary/aromatic N) is 3. The Morgan fingerprint density at radius 1 is 1.10 bits per heavy atom. The highest BCUT2D eigenvalue weighted by molar-refractivity contribution is 14.0. The topological polar surface area (TPSA) is 59.0 Å². The van der Waals surface area contributed by atoms with Gasteiger partial charge in [0, 0.05) is 45.6 Å². The largest absolute Gasteiger partial charge is 0.477 e. The summed E-state index contributed by atoms with van der Waals surface area (Å²) in [5.74, 6) is 3.24. The molecule has 168 valence electrons. The third-order valence-corrected chi connectivity index (χ3v) is 6.41. The van der Waals surface area contributed by atoms with Gasteiger partial charge in [0.15, 0.2) is 5.96 Å². The van der Waals surface area contributed by atoms with Gasteiger partial charge in [-0.1, -0.05) is 12.8 Å². The molecule has 0 atom stereocenters. The fourth-order valence-corrected chi connectivity index (χ4v) is 4.32. The minimum Gasteiger partial charge on any atom is -0.477 e. The van der Waals surface area contributed by atoms with E-state index in [0.29, 0.717) is 6.10 Å². The van der Waals surface area contributed by atoms with Crippen LogP contribution < -0.4 is 10.1 Å². The smallest absolute Gasteiger partial charge is 0.213 e. The highest BCUT2D eigenvalue weighted by atomic mass is 127. The number of hydrogen-bond donors (Lipinski definition) is 1. The van der Waals surface area contributed by atoms with E-state index in [9.17, 15) is 0 Å². The molecule has 30 heavy (non-hydrogen) atoms. The van der Waals surface area contributed by atoms with Crippen LogP contribution in [0, 0.1) is 11.8 Å². The predicted octanol–water partition coefficient (Wildman–Crippen LogP) is 4.24. The van der Waals surface area contributed by atoms with Crippen LogP contribution in [0.2, 0.25) is 0 Å². The normalized spacial score (nSPS) is 20.8. The summed E-state index contributed by atoms with van der Waals surface area (Å²) in [4.78, 5) is 11.2. The first-order valence-corrected chi connectivity index (χ1v) is 11.4. The molecule has 0 amide bonds. The maximum Gasteiger partial charge on any atom is 0.213 e. The van der Waals surface area contributed by atoms with E-state index >= 15 is 0 Å². The molecule has 1 saturated heterocycles. The summed E-state index contributed by atoms with van der Waals surface area (Å²) in [6, 6.07) is 4.07. The van der Waals surface area contributed by atoms with Crippen LogP contribution in [0.1, 0.15) is 56.9 Å². The van der Waals surface area contributed by atoms with Crippen LogP contribution in [0.4, 0.5) is 0 Å². The number of hydrogen-bond acceptors (Lipinski definition) is 4. The number of aliphatic imine (C=N–C) groups is 1. The van der Waals surface area contributed by atoms with Crippen molar-refractivity contribution in [2.24, 2.45) is 16.8 Å². The Morgan fingerprint density at radius 2 is 1.83 bits per heavy atom. The highest BCUT2D eigenvalue weighted by Gasteiger charge is 2.24. The zero-order valence-corrected chi connectivity index (χ0v) is 20.6. The van der Waals surface area contributed by atoms with Gasteiger partial charge in [-0.3, -0.25) is 4.99 Å². The first-order valence-electron chi connectivity index (χ1n) is 11.4. The molecule has 1 N–H and O–H groups in total. The Bertz CT molecular complexity index is 669. The van der Waals surface area contributed by atoms with Crippen molar-refractivity contribution in [3.05, 3.63) is 23.9 Å². The molecule has 1 aromatic rings. The Balaban J connectivity index is 0.00000256. The molecule has 0 radical (unpaired) electrons. The quantitative estimate of drug-likeness (QED) is 0.311. The average Bonchev–Trinajstić information content (AvgIpc) is 3.45. The Hall–Kier alpha value is -1.09. The lowest BCUT2D eigenvalue weighted by atomic mass is 10.1. The molecule has 1 aliphatic heterocycles. The number of nitrogens with one attached hydrogen (secondary N) is 1. The lowest BCUT2D eigenvalue weighted by molar-refractivity contribution is 0.00101. The van der Waals surface area contributed by atoms with E-state index < -0.39 is 0 Å². The molecule has 2 saturated carbocycles. The number of rotatable bonds is 8. The van der Waals surface area contributed by atoms with E-state index in [4.69, 9.17) is 9.47 Å². The number of ether oxygens (including phenoxy) is 2. The molecule has 0 unspecified atom stereocenters. The molecule has 3 fully saturated rings. The second-order valence-electron chi connectivity index (χ2n) is 8.83. The minimum atomic E-state index is 0. The van der Waals surface area contributed by atoms with Gasteiger partial charge in [0.05, 0.1) is 12.7 Å². The SMILES string of the molecule is CN=C(NCc1ccnc(OCC2CC2)c1)N1CCC(OCC2CCCC2)CC1.I. The van der Waals surface area contributed by atoms with Crippen molar-refractivity contribution in [3.63, 3.8) is 0 Å². The molecule has 2 heterocycles. The lowest BCUT2D eigenvalue weighted by Gasteiger charge is -2.34. The molecule has 7 heteroatoms. The summed E-state index contributed by atoms with van der Waals surface area (Å²) in [7, 11) is 1.86. The second-order valence-corrected chi connectivity index (χ2v) is 8.83. The van der Waals surface area contributed by atoms with Crippen LogP contribution in [-0.2, 0) is 11.3 Å². The van der Waals surface area contributed by atoms with Crippen molar-refractivity contribution in [1.82, 2.24) is 15.2 Å². The number of halogens is 1. The van der Waals surface area contributed by atoms with Crippen LogP contribution in [0.5, 0.6) is 5.88 Å². The highest BCUT2D eigenvalue weighted by Crippen LogP contribution is 2.29. The van der Waals surface area contributed by atoms with E-state index in [-0.39, 0.29) is 24.0 Å². The number of guanidine groups is 1. The number of pyridine rings is 1. The van der Waals surface area contributed by atoms with Crippen molar-refractivity contribution >= 4 is 29.9 Å². The first kappa shape index (κ1) is 23.6. The van der Waals surface area contributed by atoms with Gasteiger partial charge < -0.3 is 19.7 Å². The van der Waals surface area contributed by atoms with E-state index in [1.165, 1.54) is 44.1 Å². The van der Waals surface area contributed by atoms with Crippen molar-refractivity contribution in [3.8, 4) is 5.88 Å². The molecule has 4 rings (SSSR count). The Labute approximate surface area is 198 Å². The van der Waals surface area contributed by atoms with Crippen LogP contribution >= 0.6 is 24.0 Å². The second kappa shape index (κ2) is 12.1. The van der Waals surface area contributed by atoms with Gasteiger partial charge in [-0.15, -0.1) is 24.0 Å². The van der Waals surface area contributed by atoms with Crippen molar-refractivity contribution in [2.45, 2.75) is 64.0 Å². The van der Waals surface area contributed by atoms with Crippen molar-refractivity contribution < 1.29 is 9.47 Å². The van der Waals surface area contributed by atoms with Gasteiger partial charge in [-0.2, -0.15) is 0 Å². The van der Waals surface area contributed by atoms with E-state index in [0.717, 1.165) is 69.4 Å². The summed E-state index contributed by atoms with van der Waals surface area (Å²) in [6.07, 6.45) is 12.5. The predicted molar refractivity (Wildman–Crippen MR) is 131 cm³/mol. The van der Waals surface area contributed by atoms with Gasteiger partial charge in [0.2, 0.25) is 5.88 Å². The summed E-state index contributed by atoms with van der Waals surface area (Å²) >= 11 is 0. The summed E-state index contributed by atoms with van der Waals surface area (Å²) in [5, 5.41) is 3.50. The minimum absolute atomic E-state index is 0. The molecular formula is C23H37IN4O2. The Morgan fingerprint density at radius 3 is 2.53 bits per heavy atom. The summed E-state index contributed by atoms with van der Waals surface area (Å²) in [5.41, 5.74) is 1.17. The lowest BCUT2D eigenvalue weighted by Crippen LogP contribution is -2.46. The van der Waals surface area contributed by atoms with E-state index in [1.54, 1.807) is 0 Å². The van der Waals surface area contributed by atoms with Crippen molar-refractivity contribution in [2.75, 3.05) is 33.4 Å². The standard InChI is InChI=1S/C23H36N4O2.HI/c1-24-23(26-15-20-8-11-25-22(14-20)29-17-19-6-7-19)27-12-9-21(10-13-27)28-16-18-4-2-3-5-18;/h8,11,14,18-19,21H,2-7,9-10,12-13,15-17H2,1H3,(H,24,26);1H. The monoisotopic (exact) mass is 528 g/mol. The number of piperidine rings is 1. The van der Waals surface area contributed by atoms with E-state index in [1.807, 2.05) is 25.4 Å². The zero-order valence-electron chi connectivity index (χ0n) is 18.2. The van der Waals surface area contributed by atoms with Gasteiger partial charge in [-0.05, 0) is 62.0 Å². The van der Waals surface area contributed by atoms with Gasteiger partial charge >= 0.3 is 0 Å². The molecule has 2 aliphatic carbocycles. The summed E-state index contributed by atoms with van der Waals surface area (Å²) < 4.78 is 12.0. The summed E-state index contributed by atoms with van der Waals surface area (Å²) in [6.45, 7) is 4.49. The fourth-order valence-electron chi connectivity index (χ4n) is 4.32. The molecule has 0 spiro atoms. The first-order chi connectivity index (χ1) is 14.3. The van der Waals surface area contributed by atoms with Crippen LogP contribution in [0.15, 0.2) is 23.3 Å². The molecule has 6 nitrogen and oxygen atoms in total. The maximum absolute atomic E-state index is 6.21. The van der Waals surface area contributed by atoms with Crippen molar-refractivity contribution in [1.29, 1.82) is 0 Å². The molecular weight excluding hydrogens is 491 g/mol. The third-order valence-electron chi connectivity index (χ3n) is 6.41. The maximum atomic E-state index is 6.21. The van der Waals surface area contributed by atoms with Crippen LogP contribution in [-0.4, -0.2) is 55.3 Å². The molecule has 0 bridgehead atoms.